The number of benzene rings is 1. The van der Waals surface area contributed by atoms with Gasteiger partial charge >= 0.3 is 0 Å². The number of nitrogen functional groups attached to an aromatic ring is 1. The van der Waals surface area contributed by atoms with Crippen LogP contribution in [0.5, 0.6) is 5.75 Å². The Hall–Kier alpha value is -2.34. The molecule has 2 aromatic rings. The van der Waals surface area contributed by atoms with Crippen molar-refractivity contribution in [1.29, 1.82) is 0 Å². The van der Waals surface area contributed by atoms with Crippen LogP contribution in [-0.2, 0) is 6.42 Å². The Bertz CT molecular complexity index is 600. The van der Waals surface area contributed by atoms with Gasteiger partial charge in [0.25, 0.3) is 0 Å². The first-order valence-electron chi connectivity index (χ1n) is 6.41. The zero-order chi connectivity index (χ0) is 14.5. The molecule has 1 aromatic carbocycles. The Morgan fingerprint density at radius 3 is 2.60 bits per heavy atom. The predicted molar refractivity (Wildman–Crippen MR) is 80.2 cm³/mol. The van der Waals surface area contributed by atoms with Crippen molar-refractivity contribution in [3.8, 4) is 5.75 Å². The van der Waals surface area contributed by atoms with Crippen LogP contribution in [0.1, 0.15) is 18.1 Å². The number of aromatic nitrogens is 2. The van der Waals surface area contributed by atoms with Gasteiger partial charge in [-0.1, -0.05) is 6.92 Å². The molecule has 6 nitrogen and oxygen atoms in total. The number of hydrogen-bond donors (Lipinski definition) is 3. The molecule has 0 saturated carbocycles. The van der Waals surface area contributed by atoms with Gasteiger partial charge in [0.2, 0.25) is 0 Å². The van der Waals surface area contributed by atoms with Crippen molar-refractivity contribution < 1.29 is 4.74 Å². The molecule has 0 atom stereocenters. The van der Waals surface area contributed by atoms with Crippen molar-refractivity contribution in [2.24, 2.45) is 5.84 Å². The van der Waals surface area contributed by atoms with E-state index in [9.17, 15) is 0 Å². The molecule has 106 valence electrons. The molecule has 0 aliphatic carbocycles. The van der Waals surface area contributed by atoms with Crippen molar-refractivity contribution >= 4 is 17.3 Å². The summed E-state index contributed by atoms with van der Waals surface area (Å²) in [5, 5.41) is 3.32. The minimum Gasteiger partial charge on any atom is -0.497 e. The van der Waals surface area contributed by atoms with Gasteiger partial charge in [0.1, 0.15) is 23.7 Å². The summed E-state index contributed by atoms with van der Waals surface area (Å²) in [5.41, 5.74) is 5.59. The Labute approximate surface area is 118 Å². The van der Waals surface area contributed by atoms with E-state index < -0.39 is 0 Å². The zero-order valence-corrected chi connectivity index (χ0v) is 11.9. The monoisotopic (exact) mass is 273 g/mol. The first-order chi connectivity index (χ1) is 9.69. The minimum atomic E-state index is 0.635. The number of nitrogens with two attached hydrogens (primary N) is 1. The normalized spacial score (nSPS) is 10.2. The van der Waals surface area contributed by atoms with Crippen LogP contribution < -0.4 is 21.3 Å². The van der Waals surface area contributed by atoms with E-state index in [-0.39, 0.29) is 0 Å². The molecule has 0 spiro atoms. The summed E-state index contributed by atoms with van der Waals surface area (Å²) < 4.78 is 5.20. The fourth-order valence-electron chi connectivity index (χ4n) is 2.01. The van der Waals surface area contributed by atoms with Crippen LogP contribution in [0.4, 0.5) is 17.3 Å². The Kier molecular flexibility index (Phi) is 4.37. The Morgan fingerprint density at radius 1 is 1.25 bits per heavy atom. The van der Waals surface area contributed by atoms with Gasteiger partial charge in [-0.25, -0.2) is 15.8 Å². The van der Waals surface area contributed by atoms with E-state index in [0.717, 1.165) is 34.8 Å². The van der Waals surface area contributed by atoms with Crippen LogP contribution in [0.25, 0.3) is 0 Å². The van der Waals surface area contributed by atoms with Crippen molar-refractivity contribution in [2.75, 3.05) is 17.9 Å². The molecule has 6 heteroatoms. The summed E-state index contributed by atoms with van der Waals surface area (Å²) in [6.45, 7) is 4.05. The molecule has 0 radical (unpaired) electrons. The molecule has 1 heterocycles. The number of methoxy groups -OCH3 is 1. The molecule has 0 aliphatic rings. The third-order valence-corrected chi connectivity index (χ3v) is 3.12. The van der Waals surface area contributed by atoms with E-state index in [1.165, 1.54) is 6.33 Å². The van der Waals surface area contributed by atoms with E-state index in [1.807, 2.05) is 32.0 Å². The second-order valence-corrected chi connectivity index (χ2v) is 4.35. The lowest BCUT2D eigenvalue weighted by molar-refractivity contribution is 0.414. The number of nitrogens with zero attached hydrogens (tertiary/aromatic N) is 2. The van der Waals surface area contributed by atoms with Crippen molar-refractivity contribution in [3.05, 3.63) is 35.7 Å². The van der Waals surface area contributed by atoms with Crippen LogP contribution in [0.3, 0.4) is 0 Å². The molecule has 0 amide bonds. The van der Waals surface area contributed by atoms with E-state index in [2.05, 4.69) is 20.7 Å². The number of aryl methyl sites for hydroxylation is 1. The molecule has 0 fully saturated rings. The SMILES string of the molecule is CCc1c(NN)ncnc1Nc1ccc(OC)cc1C. The third-order valence-electron chi connectivity index (χ3n) is 3.12. The third kappa shape index (κ3) is 2.80. The van der Waals surface area contributed by atoms with Gasteiger partial charge in [-0.2, -0.15) is 0 Å². The maximum absolute atomic E-state index is 5.47. The standard InChI is InChI=1S/C14H19N5O/c1-4-11-13(16-8-17-14(11)19-15)18-12-6-5-10(20-3)7-9(12)2/h5-8H,4,15H2,1-3H3,(H2,16,17,18,19). The quantitative estimate of drug-likeness (QED) is 0.573. The van der Waals surface area contributed by atoms with E-state index in [4.69, 9.17) is 10.6 Å². The first-order valence-corrected chi connectivity index (χ1v) is 6.41. The molecule has 0 bridgehead atoms. The lowest BCUT2D eigenvalue weighted by atomic mass is 10.1. The molecule has 0 unspecified atom stereocenters. The van der Waals surface area contributed by atoms with E-state index in [1.54, 1.807) is 7.11 Å². The van der Waals surface area contributed by atoms with Crippen molar-refractivity contribution in [1.82, 2.24) is 9.97 Å². The molecule has 1 aromatic heterocycles. The highest BCUT2D eigenvalue weighted by molar-refractivity contribution is 5.67. The number of hydrogen-bond acceptors (Lipinski definition) is 6. The number of hydrazine groups is 1. The molecule has 0 aliphatic heterocycles. The predicted octanol–water partition coefficient (Wildman–Crippen LogP) is 2.39. The average molecular weight is 273 g/mol. The average Bonchev–Trinajstić information content (AvgIpc) is 2.48. The molecular weight excluding hydrogens is 254 g/mol. The molecule has 4 N–H and O–H groups in total. The highest BCUT2D eigenvalue weighted by atomic mass is 16.5. The second-order valence-electron chi connectivity index (χ2n) is 4.35. The smallest absolute Gasteiger partial charge is 0.148 e. The largest absolute Gasteiger partial charge is 0.497 e. The topological polar surface area (TPSA) is 85.1 Å². The molecule has 2 rings (SSSR count). The number of rotatable bonds is 5. The van der Waals surface area contributed by atoms with Gasteiger partial charge in [-0.3, -0.25) is 0 Å². The van der Waals surface area contributed by atoms with E-state index >= 15 is 0 Å². The summed E-state index contributed by atoms with van der Waals surface area (Å²) in [6, 6.07) is 5.84. The minimum absolute atomic E-state index is 0.635. The van der Waals surface area contributed by atoms with Crippen LogP contribution in [0, 0.1) is 6.92 Å². The van der Waals surface area contributed by atoms with E-state index in [0.29, 0.717) is 5.82 Å². The summed E-state index contributed by atoms with van der Waals surface area (Å²) in [6.07, 6.45) is 2.26. The molecule has 0 saturated heterocycles. The van der Waals surface area contributed by atoms with Crippen LogP contribution in [-0.4, -0.2) is 17.1 Å². The highest BCUT2D eigenvalue weighted by Gasteiger charge is 2.10. The molecule has 20 heavy (non-hydrogen) atoms. The fourth-order valence-corrected chi connectivity index (χ4v) is 2.01. The van der Waals surface area contributed by atoms with Gasteiger partial charge in [0, 0.05) is 11.3 Å². The van der Waals surface area contributed by atoms with Gasteiger partial charge in [-0.15, -0.1) is 0 Å². The van der Waals surface area contributed by atoms with Crippen molar-refractivity contribution in [3.63, 3.8) is 0 Å². The van der Waals surface area contributed by atoms with Gasteiger partial charge in [0.15, 0.2) is 0 Å². The number of nitrogens with one attached hydrogen (secondary N) is 2. The summed E-state index contributed by atoms with van der Waals surface area (Å²) in [5.74, 6) is 7.69. The van der Waals surface area contributed by atoms with Crippen LogP contribution in [0.15, 0.2) is 24.5 Å². The summed E-state index contributed by atoms with van der Waals surface area (Å²) in [4.78, 5) is 8.40. The van der Waals surface area contributed by atoms with Crippen LogP contribution in [0.2, 0.25) is 0 Å². The maximum atomic E-state index is 5.47. The number of anilines is 3. The maximum Gasteiger partial charge on any atom is 0.148 e. The lowest BCUT2D eigenvalue weighted by Gasteiger charge is -2.14. The summed E-state index contributed by atoms with van der Waals surface area (Å²) >= 11 is 0. The zero-order valence-electron chi connectivity index (χ0n) is 11.9. The fraction of sp³-hybridized carbons (Fsp3) is 0.286. The van der Waals surface area contributed by atoms with Crippen LogP contribution >= 0.6 is 0 Å². The lowest BCUT2D eigenvalue weighted by Crippen LogP contribution is -2.13. The second kappa shape index (κ2) is 6.21. The number of ether oxygens (including phenoxy) is 1. The van der Waals surface area contributed by atoms with Crippen molar-refractivity contribution in [2.45, 2.75) is 20.3 Å². The molecular formula is C14H19N5O. The van der Waals surface area contributed by atoms with Gasteiger partial charge in [0.05, 0.1) is 7.11 Å². The Morgan fingerprint density at radius 2 is 2.00 bits per heavy atom. The first kappa shape index (κ1) is 14.1. The van der Waals surface area contributed by atoms with Gasteiger partial charge in [-0.05, 0) is 37.1 Å². The highest BCUT2D eigenvalue weighted by Crippen LogP contribution is 2.27. The summed E-state index contributed by atoms with van der Waals surface area (Å²) in [7, 11) is 1.65. The van der Waals surface area contributed by atoms with Gasteiger partial charge < -0.3 is 15.5 Å². The Balaban J connectivity index is 2.35.